The van der Waals surface area contributed by atoms with Crippen molar-refractivity contribution in [2.45, 2.75) is 31.9 Å². The van der Waals surface area contributed by atoms with Gasteiger partial charge in [-0.2, -0.15) is 0 Å². The molecule has 2 aromatic rings. The van der Waals surface area contributed by atoms with Crippen molar-refractivity contribution in [1.29, 1.82) is 0 Å². The van der Waals surface area contributed by atoms with Crippen molar-refractivity contribution in [3.63, 3.8) is 0 Å². The number of hydrogen-bond donors (Lipinski definition) is 1. The second-order valence-electron chi connectivity index (χ2n) is 7.15. The fourth-order valence-corrected chi connectivity index (χ4v) is 4.86. The molecule has 0 aromatic carbocycles. The molecule has 0 bridgehead atoms. The van der Waals surface area contributed by atoms with Gasteiger partial charge in [-0.15, -0.1) is 11.3 Å². The molecule has 25 heavy (non-hydrogen) atoms. The van der Waals surface area contributed by atoms with Crippen LogP contribution in [0.25, 0.3) is 0 Å². The van der Waals surface area contributed by atoms with Gasteiger partial charge in [0.15, 0.2) is 0 Å². The van der Waals surface area contributed by atoms with Crippen LogP contribution in [0.2, 0.25) is 0 Å². The predicted octanol–water partition coefficient (Wildman–Crippen LogP) is 2.23. The molecule has 0 radical (unpaired) electrons. The van der Waals surface area contributed by atoms with Crippen LogP contribution in [0.1, 0.15) is 34.6 Å². The van der Waals surface area contributed by atoms with Crippen LogP contribution >= 0.6 is 11.3 Å². The molecule has 2 saturated heterocycles. The maximum Gasteiger partial charge on any atom is 0.257 e. The lowest BCUT2D eigenvalue weighted by Crippen LogP contribution is -2.59. The van der Waals surface area contributed by atoms with Gasteiger partial charge in [0.25, 0.3) is 5.91 Å². The van der Waals surface area contributed by atoms with E-state index in [-0.39, 0.29) is 17.4 Å². The predicted molar refractivity (Wildman–Crippen MR) is 94.3 cm³/mol. The zero-order chi connectivity index (χ0) is 17.3. The Morgan fingerprint density at radius 2 is 2.36 bits per heavy atom. The second-order valence-corrected chi connectivity index (χ2v) is 8.12. The number of carbonyl (C=O) groups excluding carboxylic acids is 1. The summed E-state index contributed by atoms with van der Waals surface area (Å²) in [7, 11) is 0. The van der Waals surface area contributed by atoms with Crippen molar-refractivity contribution in [2.24, 2.45) is 5.41 Å². The molecular formula is C18H23N3O3S. The molecule has 4 heterocycles. The molecule has 2 aliphatic heterocycles. The molecule has 0 saturated carbocycles. The van der Waals surface area contributed by atoms with E-state index in [1.807, 2.05) is 16.5 Å². The van der Waals surface area contributed by atoms with E-state index in [2.05, 4.69) is 9.88 Å². The molecule has 1 amide bonds. The minimum atomic E-state index is -0.361. The number of aliphatic hydroxyl groups excluding tert-OH is 1. The van der Waals surface area contributed by atoms with E-state index in [1.54, 1.807) is 17.4 Å². The summed E-state index contributed by atoms with van der Waals surface area (Å²) in [5.74, 6) is -0.00271. The Morgan fingerprint density at radius 1 is 1.44 bits per heavy atom. The quantitative estimate of drug-likeness (QED) is 0.908. The Balaban J connectivity index is 1.49. The van der Waals surface area contributed by atoms with Gasteiger partial charge in [0.1, 0.15) is 11.3 Å². The van der Waals surface area contributed by atoms with Crippen molar-refractivity contribution in [2.75, 3.05) is 26.2 Å². The molecule has 134 valence electrons. The highest BCUT2D eigenvalue weighted by Gasteiger charge is 2.46. The fraction of sp³-hybridized carbons (Fsp3) is 0.556. The van der Waals surface area contributed by atoms with E-state index in [9.17, 15) is 9.90 Å². The summed E-state index contributed by atoms with van der Waals surface area (Å²) in [4.78, 5) is 21.3. The molecule has 2 atom stereocenters. The van der Waals surface area contributed by atoms with Crippen LogP contribution < -0.4 is 0 Å². The summed E-state index contributed by atoms with van der Waals surface area (Å²) in [6, 6.07) is 1.70. The van der Waals surface area contributed by atoms with Gasteiger partial charge in [0, 0.05) is 43.2 Å². The number of rotatable bonds is 3. The Hall–Kier alpha value is -1.70. The van der Waals surface area contributed by atoms with Gasteiger partial charge in [-0.3, -0.25) is 9.69 Å². The summed E-state index contributed by atoms with van der Waals surface area (Å²) in [5, 5.41) is 13.9. The van der Waals surface area contributed by atoms with Gasteiger partial charge in [-0.05, 0) is 25.3 Å². The topological polar surface area (TPSA) is 69.8 Å². The van der Waals surface area contributed by atoms with Crippen LogP contribution in [0.5, 0.6) is 0 Å². The molecule has 6 nitrogen and oxygen atoms in total. The lowest BCUT2D eigenvalue weighted by atomic mass is 9.71. The Morgan fingerprint density at radius 3 is 3.12 bits per heavy atom. The number of piperidine rings is 2. The van der Waals surface area contributed by atoms with Crippen molar-refractivity contribution >= 4 is 17.2 Å². The first kappa shape index (κ1) is 16.8. The molecule has 7 heteroatoms. The van der Waals surface area contributed by atoms with Gasteiger partial charge >= 0.3 is 0 Å². The van der Waals surface area contributed by atoms with E-state index in [1.165, 1.54) is 12.5 Å². The number of nitrogens with zero attached hydrogens (tertiary/aromatic N) is 3. The average Bonchev–Trinajstić information content (AvgIpc) is 3.32. The summed E-state index contributed by atoms with van der Waals surface area (Å²) < 4.78 is 5.05. The minimum absolute atomic E-state index is 0.00271. The van der Waals surface area contributed by atoms with E-state index in [0.717, 1.165) is 50.4 Å². The summed E-state index contributed by atoms with van der Waals surface area (Å²) in [6.45, 7) is 3.85. The maximum atomic E-state index is 12.7. The summed E-state index contributed by atoms with van der Waals surface area (Å²) in [6.07, 6.45) is 7.12. The van der Waals surface area contributed by atoms with Gasteiger partial charge in [-0.25, -0.2) is 4.98 Å². The third-order valence-corrected chi connectivity index (χ3v) is 6.23. The van der Waals surface area contributed by atoms with Crippen LogP contribution in [0.3, 0.4) is 0 Å². The molecule has 2 aromatic heterocycles. The van der Waals surface area contributed by atoms with Crippen molar-refractivity contribution < 1.29 is 14.3 Å². The number of aromatic nitrogens is 1. The fourth-order valence-electron chi connectivity index (χ4n) is 4.20. The van der Waals surface area contributed by atoms with E-state index in [0.29, 0.717) is 12.1 Å². The molecule has 0 unspecified atom stereocenters. The molecule has 2 aliphatic rings. The van der Waals surface area contributed by atoms with Gasteiger partial charge in [-0.1, -0.05) is 0 Å². The third-order valence-electron chi connectivity index (χ3n) is 5.47. The Bertz CT molecular complexity index is 703. The normalized spacial score (nSPS) is 27.7. The highest BCUT2D eigenvalue weighted by molar-refractivity contribution is 7.09. The largest absolute Gasteiger partial charge is 0.472 e. The number of likely N-dealkylation sites (tertiary alicyclic amines) is 2. The zero-order valence-corrected chi connectivity index (χ0v) is 15.0. The van der Waals surface area contributed by atoms with Crippen LogP contribution in [0, 0.1) is 5.41 Å². The number of hydrogen-bond acceptors (Lipinski definition) is 6. The van der Waals surface area contributed by atoms with Crippen molar-refractivity contribution in [3.8, 4) is 0 Å². The van der Waals surface area contributed by atoms with Crippen molar-refractivity contribution in [3.05, 3.63) is 40.7 Å². The Labute approximate surface area is 151 Å². The van der Waals surface area contributed by atoms with Gasteiger partial charge < -0.3 is 14.4 Å². The van der Waals surface area contributed by atoms with Crippen LogP contribution in [0.4, 0.5) is 0 Å². The smallest absolute Gasteiger partial charge is 0.257 e. The molecule has 1 N–H and O–H groups in total. The lowest BCUT2D eigenvalue weighted by Gasteiger charge is -2.51. The highest BCUT2D eigenvalue weighted by Crippen LogP contribution is 2.39. The lowest BCUT2D eigenvalue weighted by molar-refractivity contribution is -0.0806. The zero-order valence-electron chi connectivity index (χ0n) is 14.1. The number of thiazole rings is 1. The van der Waals surface area contributed by atoms with Gasteiger partial charge in [0.2, 0.25) is 0 Å². The van der Waals surface area contributed by atoms with Crippen LogP contribution in [-0.2, 0) is 6.54 Å². The van der Waals surface area contributed by atoms with Gasteiger partial charge in [0.05, 0.1) is 24.5 Å². The number of furan rings is 1. The molecular weight excluding hydrogens is 338 g/mol. The summed E-state index contributed by atoms with van der Waals surface area (Å²) in [5.41, 5.74) is 0.342. The molecule has 0 aliphatic carbocycles. The Kier molecular flexibility index (Phi) is 4.62. The molecule has 1 spiro atoms. The SMILES string of the molecule is O=C(c1ccoc1)N1CCC[C@@]2(CN(Cc3nccs3)CC[C@H]2O)C1. The number of carbonyl (C=O) groups is 1. The number of amides is 1. The standard InChI is InChI=1S/C18H23N3O3S/c22-15-2-7-20(10-16-19-5-9-25-16)12-18(15)4-1-6-21(13-18)17(23)14-3-8-24-11-14/h3,5,8-9,11,15,22H,1-2,4,6-7,10,12-13H2/t15-,18-/m1/s1. The van der Waals surface area contributed by atoms with Crippen LogP contribution in [-0.4, -0.2) is 58.1 Å². The number of aliphatic hydroxyl groups is 1. The average molecular weight is 361 g/mol. The first-order valence-corrected chi connectivity index (χ1v) is 9.64. The monoisotopic (exact) mass is 361 g/mol. The van der Waals surface area contributed by atoms with E-state index < -0.39 is 0 Å². The van der Waals surface area contributed by atoms with E-state index in [4.69, 9.17) is 4.42 Å². The molecule has 4 rings (SSSR count). The first-order chi connectivity index (χ1) is 12.2. The van der Waals surface area contributed by atoms with Crippen molar-refractivity contribution in [1.82, 2.24) is 14.8 Å². The minimum Gasteiger partial charge on any atom is -0.472 e. The molecule has 2 fully saturated rings. The highest BCUT2D eigenvalue weighted by atomic mass is 32.1. The first-order valence-electron chi connectivity index (χ1n) is 8.77. The third kappa shape index (κ3) is 3.36. The van der Waals surface area contributed by atoms with Crippen LogP contribution in [0.15, 0.2) is 34.6 Å². The second kappa shape index (κ2) is 6.90. The maximum absolute atomic E-state index is 12.7. The summed E-state index contributed by atoms with van der Waals surface area (Å²) >= 11 is 1.67. The van der Waals surface area contributed by atoms with E-state index >= 15 is 0 Å².